The molecule has 1 N–H and O–H groups in total. The molecule has 2 nitrogen and oxygen atoms in total. The molecular weight excluding hydrogens is 220 g/mol. The Balaban J connectivity index is 1.69. The molecule has 0 bridgehead atoms. The summed E-state index contributed by atoms with van der Waals surface area (Å²) in [5.41, 5.74) is 1.33. The van der Waals surface area contributed by atoms with Gasteiger partial charge in [-0.1, -0.05) is 31.7 Å². The van der Waals surface area contributed by atoms with Crippen LogP contribution in [0.5, 0.6) is 0 Å². The van der Waals surface area contributed by atoms with Gasteiger partial charge in [0, 0.05) is 18.4 Å². The van der Waals surface area contributed by atoms with E-state index in [9.17, 15) is 0 Å². The Morgan fingerprint density at radius 1 is 1.28 bits per heavy atom. The fourth-order valence-corrected chi connectivity index (χ4v) is 2.97. The maximum Gasteiger partial charge on any atom is 0.0300 e. The predicted octanol–water partition coefficient (Wildman–Crippen LogP) is 3.57. The zero-order chi connectivity index (χ0) is 12.6. The SMILES string of the molecule is C[C@H](NCCc1cccnc1)C1CCCCCC1. The summed E-state index contributed by atoms with van der Waals surface area (Å²) >= 11 is 0. The third-order valence-corrected chi connectivity index (χ3v) is 4.21. The Hall–Kier alpha value is -0.890. The molecular formula is C16H26N2. The van der Waals surface area contributed by atoms with Gasteiger partial charge < -0.3 is 5.32 Å². The first-order chi connectivity index (χ1) is 8.86. The van der Waals surface area contributed by atoms with Crippen molar-refractivity contribution >= 4 is 0 Å². The molecule has 1 heterocycles. The third kappa shape index (κ3) is 4.41. The van der Waals surface area contributed by atoms with Crippen LogP contribution in [0.25, 0.3) is 0 Å². The minimum absolute atomic E-state index is 0.666. The zero-order valence-electron chi connectivity index (χ0n) is 11.6. The molecule has 0 aromatic carbocycles. The number of aromatic nitrogens is 1. The molecule has 0 radical (unpaired) electrons. The van der Waals surface area contributed by atoms with Crippen molar-refractivity contribution < 1.29 is 0 Å². The van der Waals surface area contributed by atoms with Crippen molar-refractivity contribution in [1.82, 2.24) is 10.3 Å². The van der Waals surface area contributed by atoms with Gasteiger partial charge in [-0.05, 0) is 50.3 Å². The standard InChI is InChI=1S/C16H26N2/c1-14(16-8-4-2-3-5-9-16)18-12-10-15-7-6-11-17-13-15/h6-7,11,13-14,16,18H,2-5,8-10,12H2,1H3/t14-/m0/s1. The molecule has 0 amide bonds. The molecule has 0 spiro atoms. The monoisotopic (exact) mass is 246 g/mol. The molecule has 1 aliphatic carbocycles. The smallest absolute Gasteiger partial charge is 0.0300 e. The molecule has 2 rings (SSSR count). The number of hydrogen-bond acceptors (Lipinski definition) is 2. The fraction of sp³-hybridized carbons (Fsp3) is 0.688. The van der Waals surface area contributed by atoms with Crippen LogP contribution in [0.4, 0.5) is 0 Å². The van der Waals surface area contributed by atoms with E-state index < -0.39 is 0 Å². The van der Waals surface area contributed by atoms with E-state index in [1.165, 1.54) is 44.1 Å². The Morgan fingerprint density at radius 3 is 2.72 bits per heavy atom. The second kappa shape index (κ2) is 7.52. The van der Waals surface area contributed by atoms with Crippen molar-refractivity contribution in [2.24, 2.45) is 5.92 Å². The summed E-state index contributed by atoms with van der Waals surface area (Å²) in [6, 6.07) is 4.84. The van der Waals surface area contributed by atoms with Gasteiger partial charge in [0.15, 0.2) is 0 Å². The minimum Gasteiger partial charge on any atom is -0.314 e. The summed E-state index contributed by atoms with van der Waals surface area (Å²) in [5.74, 6) is 0.890. The number of rotatable bonds is 5. The van der Waals surface area contributed by atoms with Crippen LogP contribution in [0.3, 0.4) is 0 Å². The predicted molar refractivity (Wildman–Crippen MR) is 76.6 cm³/mol. The molecule has 0 saturated heterocycles. The highest BCUT2D eigenvalue weighted by atomic mass is 14.9. The number of nitrogens with one attached hydrogen (secondary N) is 1. The average Bonchev–Trinajstić information content (AvgIpc) is 2.69. The molecule has 0 unspecified atom stereocenters. The van der Waals surface area contributed by atoms with Crippen molar-refractivity contribution in [3.05, 3.63) is 30.1 Å². The van der Waals surface area contributed by atoms with Gasteiger partial charge in [0.25, 0.3) is 0 Å². The number of pyridine rings is 1. The molecule has 18 heavy (non-hydrogen) atoms. The van der Waals surface area contributed by atoms with E-state index in [-0.39, 0.29) is 0 Å². The van der Waals surface area contributed by atoms with Crippen LogP contribution in [0.15, 0.2) is 24.5 Å². The Labute approximate surface area is 111 Å². The topological polar surface area (TPSA) is 24.9 Å². The van der Waals surface area contributed by atoms with Gasteiger partial charge in [-0.15, -0.1) is 0 Å². The normalized spacial score (nSPS) is 19.4. The highest BCUT2D eigenvalue weighted by Gasteiger charge is 2.18. The van der Waals surface area contributed by atoms with Crippen LogP contribution in [0, 0.1) is 5.92 Å². The second-order valence-corrected chi connectivity index (χ2v) is 5.61. The van der Waals surface area contributed by atoms with Gasteiger partial charge in [-0.3, -0.25) is 4.98 Å². The summed E-state index contributed by atoms with van der Waals surface area (Å²) in [6.07, 6.45) is 13.5. The quantitative estimate of drug-likeness (QED) is 0.803. The highest BCUT2D eigenvalue weighted by molar-refractivity contribution is 5.08. The highest BCUT2D eigenvalue weighted by Crippen LogP contribution is 2.25. The summed E-state index contributed by atoms with van der Waals surface area (Å²) < 4.78 is 0. The van der Waals surface area contributed by atoms with Gasteiger partial charge in [0.1, 0.15) is 0 Å². The fourth-order valence-electron chi connectivity index (χ4n) is 2.97. The lowest BCUT2D eigenvalue weighted by molar-refractivity contribution is 0.339. The van der Waals surface area contributed by atoms with Crippen molar-refractivity contribution in [1.29, 1.82) is 0 Å². The largest absolute Gasteiger partial charge is 0.314 e. The Bertz CT molecular complexity index is 315. The molecule has 1 saturated carbocycles. The van der Waals surface area contributed by atoms with Crippen LogP contribution in [0.1, 0.15) is 51.0 Å². The summed E-state index contributed by atoms with van der Waals surface area (Å²) in [7, 11) is 0. The van der Waals surface area contributed by atoms with Crippen molar-refractivity contribution in [3.63, 3.8) is 0 Å². The maximum atomic E-state index is 4.16. The van der Waals surface area contributed by atoms with E-state index in [1.54, 1.807) is 0 Å². The molecule has 1 atom stereocenters. The molecule has 1 aromatic heterocycles. The average molecular weight is 246 g/mol. The minimum atomic E-state index is 0.666. The van der Waals surface area contributed by atoms with E-state index in [2.05, 4.69) is 23.3 Å². The Kier molecular flexibility index (Phi) is 5.66. The van der Waals surface area contributed by atoms with E-state index in [0.717, 1.165) is 18.9 Å². The Morgan fingerprint density at radius 2 is 2.06 bits per heavy atom. The van der Waals surface area contributed by atoms with E-state index in [0.29, 0.717) is 6.04 Å². The summed E-state index contributed by atoms with van der Waals surface area (Å²) in [5, 5.41) is 3.70. The van der Waals surface area contributed by atoms with Gasteiger partial charge in [-0.25, -0.2) is 0 Å². The molecule has 0 aliphatic heterocycles. The maximum absolute atomic E-state index is 4.16. The van der Waals surface area contributed by atoms with E-state index in [1.807, 2.05) is 18.5 Å². The lowest BCUT2D eigenvalue weighted by Crippen LogP contribution is -2.34. The van der Waals surface area contributed by atoms with Crippen molar-refractivity contribution in [2.75, 3.05) is 6.54 Å². The van der Waals surface area contributed by atoms with E-state index in [4.69, 9.17) is 0 Å². The molecule has 1 aromatic rings. The van der Waals surface area contributed by atoms with Gasteiger partial charge in [-0.2, -0.15) is 0 Å². The first-order valence-corrected chi connectivity index (χ1v) is 7.48. The number of nitrogens with zero attached hydrogens (tertiary/aromatic N) is 1. The van der Waals surface area contributed by atoms with Crippen LogP contribution < -0.4 is 5.32 Å². The van der Waals surface area contributed by atoms with Crippen LogP contribution >= 0.6 is 0 Å². The molecule has 1 fully saturated rings. The third-order valence-electron chi connectivity index (χ3n) is 4.21. The van der Waals surface area contributed by atoms with Gasteiger partial charge >= 0.3 is 0 Å². The number of hydrogen-bond donors (Lipinski definition) is 1. The first-order valence-electron chi connectivity index (χ1n) is 7.48. The summed E-state index contributed by atoms with van der Waals surface area (Å²) in [6.45, 7) is 3.43. The molecule has 1 aliphatic rings. The van der Waals surface area contributed by atoms with Gasteiger partial charge in [0.2, 0.25) is 0 Å². The molecule has 100 valence electrons. The summed E-state index contributed by atoms with van der Waals surface area (Å²) in [4.78, 5) is 4.16. The first kappa shape index (κ1) is 13.5. The van der Waals surface area contributed by atoms with Crippen LogP contribution in [0.2, 0.25) is 0 Å². The van der Waals surface area contributed by atoms with E-state index >= 15 is 0 Å². The lowest BCUT2D eigenvalue weighted by Gasteiger charge is -2.23. The van der Waals surface area contributed by atoms with Crippen LogP contribution in [-0.4, -0.2) is 17.6 Å². The zero-order valence-corrected chi connectivity index (χ0v) is 11.6. The van der Waals surface area contributed by atoms with Crippen molar-refractivity contribution in [2.45, 2.75) is 57.9 Å². The molecule has 2 heteroatoms. The van der Waals surface area contributed by atoms with Gasteiger partial charge in [0.05, 0.1) is 0 Å². The van der Waals surface area contributed by atoms with Crippen molar-refractivity contribution in [3.8, 4) is 0 Å². The van der Waals surface area contributed by atoms with Crippen LogP contribution in [-0.2, 0) is 6.42 Å². The lowest BCUT2D eigenvalue weighted by atomic mass is 9.93. The second-order valence-electron chi connectivity index (χ2n) is 5.61.